The van der Waals surface area contributed by atoms with Gasteiger partial charge in [0.25, 0.3) is 0 Å². The van der Waals surface area contributed by atoms with Gasteiger partial charge in [-0.15, -0.1) is 0 Å². The fourth-order valence-electron chi connectivity index (χ4n) is 1.07. The Balaban J connectivity index is 2.11. The second-order valence-electron chi connectivity index (χ2n) is 2.94. The third-order valence-electron chi connectivity index (χ3n) is 1.84. The number of halogens is 1. The van der Waals surface area contributed by atoms with Crippen LogP contribution in [0.25, 0.3) is 0 Å². The monoisotopic (exact) mass is 282 g/mol. The van der Waals surface area contributed by atoms with Crippen molar-refractivity contribution in [2.75, 3.05) is 13.2 Å². The van der Waals surface area contributed by atoms with Crippen LogP contribution in [0.3, 0.4) is 0 Å². The highest BCUT2D eigenvalue weighted by Crippen LogP contribution is 2.20. The van der Waals surface area contributed by atoms with Crippen LogP contribution in [0.5, 0.6) is 0 Å². The summed E-state index contributed by atoms with van der Waals surface area (Å²) in [5.74, 6) is 0. The fraction of sp³-hybridized carbons (Fsp3) is 0.778. The summed E-state index contributed by atoms with van der Waals surface area (Å²) >= 11 is 2.25. The Morgan fingerprint density at radius 3 is 3.17 bits per heavy atom. The van der Waals surface area contributed by atoms with Gasteiger partial charge in [0.1, 0.15) is 0 Å². The van der Waals surface area contributed by atoms with Crippen LogP contribution in [0.2, 0.25) is 0 Å². The second kappa shape index (κ2) is 5.94. The van der Waals surface area contributed by atoms with E-state index in [9.17, 15) is 0 Å². The van der Waals surface area contributed by atoms with Crippen molar-refractivity contribution >= 4 is 22.6 Å². The van der Waals surface area contributed by atoms with Crippen molar-refractivity contribution in [1.82, 2.24) is 0 Å². The Hall–Kier alpha value is 0.390. The molecule has 1 saturated heterocycles. The van der Waals surface area contributed by atoms with Crippen molar-refractivity contribution in [3.05, 3.63) is 9.66 Å². The van der Waals surface area contributed by atoms with Crippen LogP contribution in [-0.2, 0) is 9.47 Å². The minimum atomic E-state index is 0.0255. The van der Waals surface area contributed by atoms with E-state index in [1.165, 1.54) is 12.0 Å². The Morgan fingerprint density at radius 1 is 1.75 bits per heavy atom. The van der Waals surface area contributed by atoms with Crippen molar-refractivity contribution in [2.45, 2.75) is 32.5 Å². The highest BCUT2D eigenvalue weighted by atomic mass is 127. The molecule has 1 atom stereocenters. The Bertz CT molecular complexity index is 157. The molecule has 70 valence electrons. The maximum Gasteiger partial charge on any atom is 0.161 e. The van der Waals surface area contributed by atoms with E-state index in [0.29, 0.717) is 0 Å². The summed E-state index contributed by atoms with van der Waals surface area (Å²) < 4.78 is 13.0. The standard InChI is InChI=1S/C9H15IO2/c1-2-3-4-11-9-5-8(6-10)7-12-9/h6,9H,2-5,7H2,1H3/b8-6+/t9-/m0/s1. The molecule has 0 aromatic rings. The van der Waals surface area contributed by atoms with Crippen LogP contribution >= 0.6 is 22.6 Å². The van der Waals surface area contributed by atoms with Crippen molar-refractivity contribution in [1.29, 1.82) is 0 Å². The Morgan fingerprint density at radius 2 is 2.58 bits per heavy atom. The molecule has 1 aliphatic rings. The highest BCUT2D eigenvalue weighted by Gasteiger charge is 2.19. The zero-order valence-electron chi connectivity index (χ0n) is 7.38. The molecule has 0 unspecified atom stereocenters. The van der Waals surface area contributed by atoms with Crippen LogP contribution < -0.4 is 0 Å². The predicted molar refractivity (Wildman–Crippen MR) is 57.3 cm³/mol. The third kappa shape index (κ3) is 3.41. The average Bonchev–Trinajstić information content (AvgIpc) is 2.53. The molecule has 0 aromatic carbocycles. The lowest BCUT2D eigenvalue weighted by atomic mass is 10.3. The number of hydrogen-bond acceptors (Lipinski definition) is 2. The van der Waals surface area contributed by atoms with E-state index >= 15 is 0 Å². The molecule has 0 spiro atoms. The van der Waals surface area contributed by atoms with E-state index in [0.717, 1.165) is 26.1 Å². The molecule has 1 heterocycles. The van der Waals surface area contributed by atoms with Gasteiger partial charge in [0, 0.05) is 13.0 Å². The zero-order valence-corrected chi connectivity index (χ0v) is 9.54. The van der Waals surface area contributed by atoms with Crippen molar-refractivity contribution < 1.29 is 9.47 Å². The summed E-state index contributed by atoms with van der Waals surface area (Å²) in [5.41, 5.74) is 1.34. The summed E-state index contributed by atoms with van der Waals surface area (Å²) in [4.78, 5) is 0. The molecule has 0 amide bonds. The van der Waals surface area contributed by atoms with Crippen molar-refractivity contribution in [2.24, 2.45) is 0 Å². The Kier molecular flexibility index (Phi) is 5.18. The number of hydrogen-bond donors (Lipinski definition) is 0. The highest BCUT2D eigenvalue weighted by molar-refractivity contribution is 14.1. The van der Waals surface area contributed by atoms with E-state index in [1.54, 1.807) is 0 Å². The third-order valence-corrected chi connectivity index (χ3v) is 2.72. The van der Waals surface area contributed by atoms with E-state index in [2.05, 4.69) is 33.6 Å². The molecule has 1 rings (SSSR count). The summed E-state index contributed by atoms with van der Waals surface area (Å²) in [6, 6.07) is 0. The molecule has 0 aliphatic carbocycles. The predicted octanol–water partition coefficient (Wildman–Crippen LogP) is 2.87. The van der Waals surface area contributed by atoms with E-state index < -0.39 is 0 Å². The minimum Gasteiger partial charge on any atom is -0.352 e. The smallest absolute Gasteiger partial charge is 0.161 e. The molecular formula is C9H15IO2. The van der Waals surface area contributed by atoms with Gasteiger partial charge in [-0.25, -0.2) is 0 Å². The maximum atomic E-state index is 5.51. The van der Waals surface area contributed by atoms with Crippen LogP contribution in [0.4, 0.5) is 0 Å². The molecule has 0 saturated carbocycles. The second-order valence-corrected chi connectivity index (χ2v) is 3.56. The van der Waals surface area contributed by atoms with Crippen LogP contribution in [0.1, 0.15) is 26.2 Å². The Labute approximate surface area is 87.5 Å². The first-order chi connectivity index (χ1) is 5.86. The molecule has 0 bridgehead atoms. The van der Waals surface area contributed by atoms with E-state index in [4.69, 9.17) is 9.47 Å². The average molecular weight is 282 g/mol. The molecule has 0 N–H and O–H groups in total. The van der Waals surface area contributed by atoms with Gasteiger partial charge in [0.05, 0.1) is 6.61 Å². The first kappa shape index (κ1) is 10.5. The van der Waals surface area contributed by atoms with Gasteiger partial charge in [0.15, 0.2) is 6.29 Å². The summed E-state index contributed by atoms with van der Waals surface area (Å²) in [6.07, 6.45) is 3.29. The molecule has 3 heteroatoms. The summed E-state index contributed by atoms with van der Waals surface area (Å²) in [7, 11) is 0. The maximum absolute atomic E-state index is 5.51. The van der Waals surface area contributed by atoms with Gasteiger partial charge in [0.2, 0.25) is 0 Å². The normalized spacial score (nSPS) is 26.8. The van der Waals surface area contributed by atoms with E-state index in [1.807, 2.05) is 0 Å². The fourth-order valence-corrected chi connectivity index (χ4v) is 1.51. The number of rotatable bonds is 4. The lowest BCUT2D eigenvalue weighted by Crippen LogP contribution is -2.10. The minimum absolute atomic E-state index is 0.0255. The van der Waals surface area contributed by atoms with Crippen LogP contribution in [0, 0.1) is 0 Å². The van der Waals surface area contributed by atoms with Gasteiger partial charge in [-0.3, -0.25) is 0 Å². The van der Waals surface area contributed by atoms with Gasteiger partial charge in [-0.1, -0.05) is 35.9 Å². The molecular weight excluding hydrogens is 267 g/mol. The summed E-state index contributed by atoms with van der Waals surface area (Å²) in [6.45, 7) is 3.74. The molecule has 2 nitrogen and oxygen atoms in total. The first-order valence-electron chi connectivity index (χ1n) is 4.38. The number of ether oxygens (including phenoxy) is 2. The lowest BCUT2D eigenvalue weighted by Gasteiger charge is -2.09. The molecule has 1 aliphatic heterocycles. The van der Waals surface area contributed by atoms with Gasteiger partial charge in [-0.05, 0) is 16.1 Å². The molecule has 0 aromatic heterocycles. The number of unbranched alkanes of at least 4 members (excludes halogenated alkanes) is 1. The first-order valence-corrected chi connectivity index (χ1v) is 5.62. The summed E-state index contributed by atoms with van der Waals surface area (Å²) in [5, 5.41) is 0. The largest absolute Gasteiger partial charge is 0.352 e. The van der Waals surface area contributed by atoms with Crippen LogP contribution in [-0.4, -0.2) is 19.5 Å². The zero-order chi connectivity index (χ0) is 8.81. The lowest BCUT2D eigenvalue weighted by molar-refractivity contribution is -0.111. The van der Waals surface area contributed by atoms with Crippen molar-refractivity contribution in [3.8, 4) is 0 Å². The van der Waals surface area contributed by atoms with Gasteiger partial charge >= 0.3 is 0 Å². The topological polar surface area (TPSA) is 18.5 Å². The quantitative estimate of drug-likeness (QED) is 0.583. The molecule has 0 radical (unpaired) electrons. The van der Waals surface area contributed by atoms with Crippen molar-refractivity contribution in [3.63, 3.8) is 0 Å². The van der Waals surface area contributed by atoms with Gasteiger partial charge in [-0.2, -0.15) is 0 Å². The SMILES string of the molecule is CCCCO[C@@H]1C/C(=C\I)CO1. The molecule has 1 fully saturated rings. The van der Waals surface area contributed by atoms with E-state index in [-0.39, 0.29) is 6.29 Å². The van der Waals surface area contributed by atoms with Gasteiger partial charge < -0.3 is 9.47 Å². The molecule has 12 heavy (non-hydrogen) atoms. The van der Waals surface area contributed by atoms with Crippen LogP contribution in [0.15, 0.2) is 9.66 Å².